The van der Waals surface area contributed by atoms with Gasteiger partial charge in [0.05, 0.1) is 6.54 Å². The summed E-state index contributed by atoms with van der Waals surface area (Å²) >= 11 is 7.06. The number of nitrogens with one attached hydrogen (secondary N) is 2. The third kappa shape index (κ3) is 6.04. The van der Waals surface area contributed by atoms with Crippen molar-refractivity contribution >= 4 is 56.7 Å². The van der Waals surface area contributed by atoms with Gasteiger partial charge in [0.15, 0.2) is 0 Å². The molecule has 0 unspecified atom stereocenters. The van der Waals surface area contributed by atoms with Crippen LogP contribution in [0.1, 0.15) is 18.6 Å². The first-order valence-corrected chi connectivity index (χ1v) is 9.26. The maximum absolute atomic E-state index is 5.96. The minimum absolute atomic E-state index is 0. The molecule has 1 saturated heterocycles. The Bertz CT molecular complexity index is 631. The molecule has 0 aliphatic carbocycles. The molecular formula is C17H22Br2Cl2N2O. The third-order valence-electron chi connectivity index (χ3n) is 4.05. The molecule has 24 heavy (non-hydrogen) atoms. The molecule has 2 aromatic rings. The Balaban J connectivity index is 0.00000144. The zero-order valence-corrected chi connectivity index (χ0v) is 18.0. The van der Waals surface area contributed by atoms with E-state index in [4.69, 9.17) is 4.42 Å². The molecule has 1 aromatic carbocycles. The summed E-state index contributed by atoms with van der Waals surface area (Å²) in [4.78, 5) is 0. The van der Waals surface area contributed by atoms with Gasteiger partial charge in [0, 0.05) is 14.5 Å². The molecule has 2 heterocycles. The first-order chi connectivity index (χ1) is 10.7. The molecule has 134 valence electrons. The minimum Gasteiger partial charge on any atom is -0.460 e. The summed E-state index contributed by atoms with van der Waals surface area (Å²) in [7, 11) is 0. The molecule has 2 N–H and O–H groups in total. The van der Waals surface area contributed by atoms with Crippen LogP contribution >= 0.6 is 56.7 Å². The van der Waals surface area contributed by atoms with Crippen LogP contribution in [0.5, 0.6) is 0 Å². The molecule has 0 spiro atoms. The standard InChI is InChI=1S/C17H20Br2N2O.2ClH/c18-13-1-3-15(16(19)9-13)17-4-2-14(22-17)11-21-10-12-5-7-20-8-6-12;;/h1-4,9,12,20-21H,5-8,10-11H2;2*1H. The van der Waals surface area contributed by atoms with Gasteiger partial charge in [0.2, 0.25) is 0 Å². The van der Waals surface area contributed by atoms with Crippen molar-refractivity contribution in [2.45, 2.75) is 19.4 Å². The van der Waals surface area contributed by atoms with E-state index in [2.05, 4.69) is 54.6 Å². The second-order valence-electron chi connectivity index (χ2n) is 5.71. The average Bonchev–Trinajstić information content (AvgIpc) is 2.97. The van der Waals surface area contributed by atoms with Crippen LogP contribution in [0.4, 0.5) is 0 Å². The van der Waals surface area contributed by atoms with Crippen LogP contribution in [0.15, 0.2) is 43.7 Å². The van der Waals surface area contributed by atoms with E-state index in [1.165, 1.54) is 12.8 Å². The second-order valence-corrected chi connectivity index (χ2v) is 7.48. The van der Waals surface area contributed by atoms with Crippen molar-refractivity contribution in [3.8, 4) is 11.3 Å². The van der Waals surface area contributed by atoms with Crippen molar-refractivity contribution in [3.63, 3.8) is 0 Å². The third-order valence-corrected chi connectivity index (χ3v) is 5.20. The highest BCUT2D eigenvalue weighted by Gasteiger charge is 2.13. The molecule has 0 radical (unpaired) electrons. The predicted molar refractivity (Wildman–Crippen MR) is 111 cm³/mol. The van der Waals surface area contributed by atoms with E-state index in [1.807, 2.05) is 18.2 Å². The lowest BCUT2D eigenvalue weighted by molar-refractivity contribution is 0.350. The number of piperidine rings is 1. The summed E-state index contributed by atoms with van der Waals surface area (Å²) in [6.45, 7) is 4.15. The Labute approximate surface area is 172 Å². The number of halogens is 4. The van der Waals surface area contributed by atoms with Crippen molar-refractivity contribution in [1.82, 2.24) is 10.6 Å². The monoisotopic (exact) mass is 498 g/mol. The molecular weight excluding hydrogens is 479 g/mol. The summed E-state index contributed by atoms with van der Waals surface area (Å²) < 4.78 is 8.05. The van der Waals surface area contributed by atoms with Gasteiger partial charge in [0.1, 0.15) is 11.5 Å². The van der Waals surface area contributed by atoms with Crippen LogP contribution in [-0.2, 0) is 6.54 Å². The molecule has 0 bridgehead atoms. The van der Waals surface area contributed by atoms with Crippen LogP contribution in [0.2, 0.25) is 0 Å². The fourth-order valence-electron chi connectivity index (χ4n) is 2.79. The number of benzene rings is 1. The predicted octanol–water partition coefficient (Wildman–Crippen LogP) is 5.40. The van der Waals surface area contributed by atoms with Crippen molar-refractivity contribution in [3.05, 3.63) is 45.0 Å². The molecule has 1 fully saturated rings. The van der Waals surface area contributed by atoms with Crippen LogP contribution in [0.25, 0.3) is 11.3 Å². The van der Waals surface area contributed by atoms with E-state index in [0.717, 1.165) is 58.1 Å². The maximum atomic E-state index is 5.96. The lowest BCUT2D eigenvalue weighted by atomic mass is 9.98. The van der Waals surface area contributed by atoms with E-state index in [9.17, 15) is 0 Å². The number of hydrogen-bond acceptors (Lipinski definition) is 3. The smallest absolute Gasteiger partial charge is 0.135 e. The highest BCUT2D eigenvalue weighted by atomic mass is 79.9. The van der Waals surface area contributed by atoms with Gasteiger partial charge in [-0.3, -0.25) is 0 Å². The van der Waals surface area contributed by atoms with E-state index in [0.29, 0.717) is 0 Å². The van der Waals surface area contributed by atoms with Crippen molar-refractivity contribution < 1.29 is 4.42 Å². The Morgan fingerprint density at radius 2 is 1.83 bits per heavy atom. The van der Waals surface area contributed by atoms with E-state index in [-0.39, 0.29) is 24.8 Å². The number of hydrogen-bond donors (Lipinski definition) is 2. The quantitative estimate of drug-likeness (QED) is 0.577. The molecule has 3 nitrogen and oxygen atoms in total. The fraction of sp³-hybridized carbons (Fsp3) is 0.412. The van der Waals surface area contributed by atoms with E-state index in [1.54, 1.807) is 0 Å². The van der Waals surface area contributed by atoms with E-state index >= 15 is 0 Å². The summed E-state index contributed by atoms with van der Waals surface area (Å²) in [6, 6.07) is 10.2. The van der Waals surface area contributed by atoms with Crippen molar-refractivity contribution in [2.24, 2.45) is 5.92 Å². The fourth-order valence-corrected chi connectivity index (χ4v) is 4.03. The van der Waals surface area contributed by atoms with Crippen LogP contribution in [-0.4, -0.2) is 19.6 Å². The Morgan fingerprint density at radius 1 is 1.08 bits per heavy atom. The van der Waals surface area contributed by atoms with Gasteiger partial charge < -0.3 is 15.1 Å². The van der Waals surface area contributed by atoms with Gasteiger partial charge in [-0.15, -0.1) is 24.8 Å². The number of rotatable bonds is 5. The maximum Gasteiger partial charge on any atom is 0.135 e. The normalized spacial score (nSPS) is 14.8. The van der Waals surface area contributed by atoms with Gasteiger partial charge in [-0.1, -0.05) is 15.9 Å². The molecule has 7 heteroatoms. The Hall–Kier alpha value is -0.0400. The minimum atomic E-state index is 0. The summed E-state index contributed by atoms with van der Waals surface area (Å²) in [6.07, 6.45) is 2.53. The summed E-state index contributed by atoms with van der Waals surface area (Å²) in [5, 5.41) is 6.92. The van der Waals surface area contributed by atoms with Gasteiger partial charge >= 0.3 is 0 Å². The number of furan rings is 1. The molecule has 1 aliphatic rings. The first kappa shape index (κ1) is 22.0. The molecule has 1 aliphatic heterocycles. The molecule has 3 rings (SSSR count). The molecule has 0 atom stereocenters. The first-order valence-electron chi connectivity index (χ1n) is 7.68. The van der Waals surface area contributed by atoms with Crippen LogP contribution < -0.4 is 10.6 Å². The van der Waals surface area contributed by atoms with E-state index < -0.39 is 0 Å². The summed E-state index contributed by atoms with van der Waals surface area (Å²) in [5.41, 5.74) is 1.08. The second kappa shape index (κ2) is 10.8. The lowest BCUT2D eigenvalue weighted by Crippen LogP contribution is -2.33. The van der Waals surface area contributed by atoms with Gasteiger partial charge in [0.25, 0.3) is 0 Å². The van der Waals surface area contributed by atoms with Gasteiger partial charge in [-0.25, -0.2) is 0 Å². The average molecular weight is 501 g/mol. The van der Waals surface area contributed by atoms with Crippen LogP contribution in [0, 0.1) is 5.92 Å². The molecule has 1 aromatic heterocycles. The lowest BCUT2D eigenvalue weighted by Gasteiger charge is -2.22. The largest absolute Gasteiger partial charge is 0.460 e. The zero-order valence-electron chi connectivity index (χ0n) is 13.2. The summed E-state index contributed by atoms with van der Waals surface area (Å²) in [5.74, 6) is 2.67. The Morgan fingerprint density at radius 3 is 2.54 bits per heavy atom. The van der Waals surface area contributed by atoms with Crippen LogP contribution in [0.3, 0.4) is 0 Å². The molecule has 0 saturated carbocycles. The van der Waals surface area contributed by atoms with Crippen molar-refractivity contribution in [1.29, 1.82) is 0 Å². The van der Waals surface area contributed by atoms with Gasteiger partial charge in [-0.05, 0) is 84.7 Å². The highest BCUT2D eigenvalue weighted by molar-refractivity contribution is 9.11. The SMILES string of the molecule is Brc1ccc(-c2ccc(CNCC3CCNCC3)o2)c(Br)c1.Cl.Cl. The zero-order chi connectivity index (χ0) is 15.4. The van der Waals surface area contributed by atoms with Gasteiger partial charge in [-0.2, -0.15) is 0 Å². The van der Waals surface area contributed by atoms with Crippen molar-refractivity contribution in [2.75, 3.05) is 19.6 Å². The Kier molecular flexibility index (Phi) is 9.94. The highest BCUT2D eigenvalue weighted by Crippen LogP contribution is 2.31. The topological polar surface area (TPSA) is 37.2 Å². The molecule has 0 amide bonds.